The van der Waals surface area contributed by atoms with Gasteiger partial charge in [0, 0.05) is 40.0 Å². The van der Waals surface area contributed by atoms with Gasteiger partial charge in [-0.25, -0.2) is 4.98 Å². The number of carbonyl (C=O) groups is 1. The number of thiazole rings is 1. The van der Waals surface area contributed by atoms with E-state index in [-0.39, 0.29) is 11.3 Å². The van der Waals surface area contributed by atoms with Crippen LogP contribution in [0, 0.1) is 5.41 Å². The van der Waals surface area contributed by atoms with Crippen LogP contribution in [0.15, 0.2) is 24.4 Å². The largest absolute Gasteiger partial charge is 0.383 e. The Hall–Kier alpha value is -1.96. The lowest BCUT2D eigenvalue weighted by molar-refractivity contribution is 0.0750. The van der Waals surface area contributed by atoms with Crippen molar-refractivity contribution < 1.29 is 9.53 Å². The van der Waals surface area contributed by atoms with Gasteiger partial charge in [0.15, 0.2) is 4.96 Å². The van der Waals surface area contributed by atoms with Crippen molar-refractivity contribution in [1.82, 2.24) is 19.6 Å². The number of rotatable bonds is 7. The van der Waals surface area contributed by atoms with Crippen molar-refractivity contribution in [3.63, 3.8) is 0 Å². The topological polar surface area (TPSA) is 58.9 Å². The van der Waals surface area contributed by atoms with E-state index in [0.29, 0.717) is 13.2 Å². The van der Waals surface area contributed by atoms with Gasteiger partial charge in [0.2, 0.25) is 0 Å². The molecule has 0 aliphatic heterocycles. The van der Waals surface area contributed by atoms with E-state index in [1.165, 1.54) is 16.9 Å². The van der Waals surface area contributed by atoms with E-state index in [4.69, 9.17) is 4.74 Å². The Morgan fingerprint density at radius 2 is 2.15 bits per heavy atom. The average Bonchev–Trinajstić information content (AvgIpc) is 3.14. The third kappa shape index (κ3) is 4.66. The van der Waals surface area contributed by atoms with Gasteiger partial charge in [0.05, 0.1) is 17.6 Å². The summed E-state index contributed by atoms with van der Waals surface area (Å²) in [4.78, 5) is 20.8. The fourth-order valence-electron chi connectivity index (χ4n) is 3.14. The summed E-state index contributed by atoms with van der Waals surface area (Å²) in [5.74, 6) is 0.0472. The van der Waals surface area contributed by atoms with Crippen LogP contribution in [0.2, 0.25) is 0 Å². The number of hydrogen-bond donors (Lipinski definition) is 1. The summed E-state index contributed by atoms with van der Waals surface area (Å²) in [5.41, 5.74) is 3.23. The molecular formula is C20H28N4O2S. The van der Waals surface area contributed by atoms with E-state index in [1.807, 2.05) is 23.7 Å². The lowest BCUT2D eigenvalue weighted by atomic mass is 9.96. The Morgan fingerprint density at radius 1 is 1.37 bits per heavy atom. The molecule has 0 aliphatic rings. The fourth-order valence-corrected chi connectivity index (χ4v) is 4.13. The van der Waals surface area contributed by atoms with E-state index in [0.717, 1.165) is 34.0 Å². The first-order chi connectivity index (χ1) is 12.8. The molecule has 6 nitrogen and oxygen atoms in total. The molecule has 2 aromatic heterocycles. The molecule has 146 valence electrons. The van der Waals surface area contributed by atoms with Crippen molar-refractivity contribution in [3.05, 3.63) is 34.8 Å². The summed E-state index contributed by atoms with van der Waals surface area (Å²) in [6.45, 7) is 9.39. The van der Waals surface area contributed by atoms with E-state index in [1.54, 1.807) is 12.0 Å². The third-order valence-electron chi connectivity index (χ3n) is 4.25. The molecule has 0 radical (unpaired) electrons. The summed E-state index contributed by atoms with van der Waals surface area (Å²) in [6.07, 6.45) is 1.92. The maximum absolute atomic E-state index is 12.8. The zero-order chi connectivity index (χ0) is 19.6. The lowest BCUT2D eigenvalue weighted by Gasteiger charge is -2.26. The Kier molecular flexibility index (Phi) is 5.83. The molecule has 3 aromatic rings. The van der Waals surface area contributed by atoms with Crippen LogP contribution >= 0.6 is 11.3 Å². The highest BCUT2D eigenvalue weighted by Gasteiger charge is 2.21. The predicted octanol–water partition coefficient (Wildman–Crippen LogP) is 3.40. The number of nitrogens with zero attached hydrogens (tertiary/aromatic N) is 3. The molecule has 0 unspecified atom stereocenters. The molecule has 3 rings (SSSR count). The smallest absolute Gasteiger partial charge is 0.265 e. The van der Waals surface area contributed by atoms with Gasteiger partial charge >= 0.3 is 0 Å². The first kappa shape index (κ1) is 19.8. The van der Waals surface area contributed by atoms with Crippen LogP contribution in [0.5, 0.6) is 0 Å². The van der Waals surface area contributed by atoms with Crippen LogP contribution in [-0.2, 0) is 11.3 Å². The first-order valence-corrected chi connectivity index (χ1v) is 9.96. The van der Waals surface area contributed by atoms with Gasteiger partial charge in [-0.05, 0) is 23.1 Å². The molecule has 27 heavy (non-hydrogen) atoms. The maximum atomic E-state index is 12.8. The zero-order valence-corrected chi connectivity index (χ0v) is 17.5. The molecule has 0 atom stereocenters. The number of imidazole rings is 1. The normalized spacial score (nSPS) is 12.2. The summed E-state index contributed by atoms with van der Waals surface area (Å²) in [7, 11) is 3.56. The molecular weight excluding hydrogens is 360 g/mol. The molecule has 0 bridgehead atoms. The number of carbonyl (C=O) groups excluding carboxylic acids is 1. The average molecular weight is 389 g/mol. The number of nitrogens with one attached hydrogen (secondary N) is 1. The number of methoxy groups -OCH3 is 1. The van der Waals surface area contributed by atoms with Crippen molar-refractivity contribution in [2.24, 2.45) is 5.41 Å². The summed E-state index contributed by atoms with van der Waals surface area (Å²) in [6, 6.07) is 6.26. The van der Waals surface area contributed by atoms with Crippen LogP contribution in [0.4, 0.5) is 0 Å². The molecule has 0 spiro atoms. The van der Waals surface area contributed by atoms with Crippen molar-refractivity contribution in [2.45, 2.75) is 27.3 Å². The maximum Gasteiger partial charge on any atom is 0.265 e. The molecule has 1 N–H and O–H groups in total. The molecule has 7 heteroatoms. The molecule has 0 saturated heterocycles. The van der Waals surface area contributed by atoms with E-state index >= 15 is 0 Å². The van der Waals surface area contributed by atoms with Crippen LogP contribution in [0.25, 0.3) is 16.0 Å². The second-order valence-corrected chi connectivity index (χ2v) is 9.08. The van der Waals surface area contributed by atoms with Gasteiger partial charge in [-0.15, -0.1) is 0 Å². The third-order valence-corrected chi connectivity index (χ3v) is 5.22. The molecule has 1 amide bonds. The highest BCUT2D eigenvalue weighted by molar-refractivity contribution is 7.18. The molecule has 0 saturated carbocycles. The van der Waals surface area contributed by atoms with Gasteiger partial charge < -0.3 is 15.0 Å². The summed E-state index contributed by atoms with van der Waals surface area (Å²) in [5, 5.41) is 3.35. The summed E-state index contributed by atoms with van der Waals surface area (Å²) >= 11 is 1.44. The molecule has 2 heterocycles. The van der Waals surface area contributed by atoms with Gasteiger partial charge in [-0.3, -0.25) is 9.20 Å². The van der Waals surface area contributed by atoms with E-state index < -0.39 is 0 Å². The zero-order valence-electron chi connectivity index (χ0n) is 16.7. The Balaban J connectivity index is 1.83. The minimum atomic E-state index is 0.0472. The second-order valence-electron chi connectivity index (χ2n) is 8.07. The number of ether oxygens (including phenoxy) is 1. The van der Waals surface area contributed by atoms with Gasteiger partial charge in [-0.2, -0.15) is 0 Å². The quantitative estimate of drug-likeness (QED) is 0.630. The highest BCUT2D eigenvalue weighted by Crippen LogP contribution is 2.26. The SMILES string of the molecule is COCCNCc1ccc2nc3sc(C(=O)N(C)CC(C)(C)C)cn3c2c1. The number of aromatic nitrogens is 2. The number of fused-ring (bicyclic) bond motifs is 3. The Morgan fingerprint density at radius 3 is 2.85 bits per heavy atom. The summed E-state index contributed by atoms with van der Waals surface area (Å²) < 4.78 is 7.08. The predicted molar refractivity (Wildman–Crippen MR) is 111 cm³/mol. The number of benzene rings is 1. The van der Waals surface area contributed by atoms with Crippen molar-refractivity contribution in [1.29, 1.82) is 0 Å². The number of hydrogen-bond acceptors (Lipinski definition) is 5. The molecule has 0 aliphatic carbocycles. The Bertz CT molecular complexity index is 939. The van der Waals surface area contributed by atoms with Crippen LogP contribution in [0.1, 0.15) is 36.0 Å². The van der Waals surface area contributed by atoms with E-state index in [9.17, 15) is 4.79 Å². The minimum Gasteiger partial charge on any atom is -0.383 e. The van der Waals surface area contributed by atoms with Crippen molar-refractivity contribution in [2.75, 3.05) is 33.9 Å². The van der Waals surface area contributed by atoms with Crippen LogP contribution in [-0.4, -0.2) is 54.0 Å². The fraction of sp³-hybridized carbons (Fsp3) is 0.500. The monoisotopic (exact) mass is 388 g/mol. The van der Waals surface area contributed by atoms with Crippen LogP contribution < -0.4 is 5.32 Å². The molecule has 1 aromatic carbocycles. The van der Waals surface area contributed by atoms with Crippen LogP contribution in [0.3, 0.4) is 0 Å². The van der Waals surface area contributed by atoms with Crippen molar-refractivity contribution in [3.8, 4) is 0 Å². The lowest BCUT2D eigenvalue weighted by Crippen LogP contribution is -2.34. The van der Waals surface area contributed by atoms with Crippen molar-refractivity contribution >= 4 is 33.2 Å². The first-order valence-electron chi connectivity index (χ1n) is 9.14. The van der Waals surface area contributed by atoms with E-state index in [2.05, 4.69) is 43.2 Å². The minimum absolute atomic E-state index is 0.0472. The number of amides is 1. The highest BCUT2D eigenvalue weighted by atomic mass is 32.1. The molecule has 0 fully saturated rings. The standard InChI is InChI=1S/C20H28N4O2S/c1-20(2,3)13-23(4)18(25)17-12-24-16-10-14(11-21-8-9-26-5)6-7-15(16)22-19(24)27-17/h6-7,10,12,21H,8-9,11,13H2,1-5H3. The second kappa shape index (κ2) is 7.96. The van der Waals surface area contributed by atoms with Gasteiger partial charge in [0.1, 0.15) is 4.88 Å². The van der Waals surface area contributed by atoms with Gasteiger partial charge in [0.25, 0.3) is 5.91 Å². The van der Waals surface area contributed by atoms with Gasteiger partial charge in [-0.1, -0.05) is 38.2 Å². The Labute approximate surface area is 164 Å².